The third kappa shape index (κ3) is 39.2. The van der Waals surface area contributed by atoms with E-state index in [4.69, 9.17) is 9.05 Å². The molecule has 0 aromatic carbocycles. The fourth-order valence-electron chi connectivity index (χ4n) is 4.92. The largest absolute Gasteiger partial charge is 0.472 e. The molecular weight excluding hydrogens is 707 g/mol. The van der Waals surface area contributed by atoms with Crippen molar-refractivity contribution in [2.24, 2.45) is 0 Å². The van der Waals surface area contributed by atoms with Crippen LogP contribution in [0.5, 0.6) is 0 Å². The van der Waals surface area contributed by atoms with Gasteiger partial charge in [-0.3, -0.25) is 13.8 Å². The van der Waals surface area contributed by atoms with E-state index >= 15 is 0 Å². The maximum atomic E-state index is 12.7. The van der Waals surface area contributed by atoms with Crippen LogP contribution >= 0.6 is 7.82 Å². The normalized spacial score (nSPS) is 15.5. The molecule has 8 nitrogen and oxygen atoms in total. The van der Waals surface area contributed by atoms with Crippen LogP contribution in [0.3, 0.4) is 0 Å². The van der Waals surface area contributed by atoms with Crippen LogP contribution in [0.15, 0.2) is 109 Å². The molecule has 3 unspecified atom stereocenters. The number of hydrogen-bond acceptors (Lipinski definition) is 5. The highest BCUT2D eigenvalue weighted by Gasteiger charge is 2.27. The molecule has 0 aliphatic heterocycles. The topological polar surface area (TPSA) is 105 Å². The van der Waals surface area contributed by atoms with Gasteiger partial charge in [0.15, 0.2) is 0 Å². The number of carbonyl (C=O) groups is 1. The molecule has 0 spiro atoms. The molecular formula is C46H78N2O6P+. The zero-order valence-corrected chi connectivity index (χ0v) is 36.0. The van der Waals surface area contributed by atoms with E-state index in [1.54, 1.807) is 6.08 Å². The number of phosphoric acid groups is 1. The van der Waals surface area contributed by atoms with Crippen molar-refractivity contribution in [1.29, 1.82) is 0 Å². The highest BCUT2D eigenvalue weighted by molar-refractivity contribution is 7.47. The van der Waals surface area contributed by atoms with Gasteiger partial charge in [-0.15, -0.1) is 0 Å². The Balaban J connectivity index is 4.15. The number of nitrogens with zero attached hydrogens (tertiary/aromatic N) is 1. The number of allylic oxidation sites excluding steroid dienone is 17. The number of amides is 1. The molecule has 0 aromatic heterocycles. The number of phosphoric ester groups is 1. The molecule has 3 atom stereocenters. The molecule has 55 heavy (non-hydrogen) atoms. The molecule has 0 aromatic rings. The fourth-order valence-corrected chi connectivity index (χ4v) is 5.66. The monoisotopic (exact) mass is 786 g/mol. The molecule has 0 aliphatic rings. The van der Waals surface area contributed by atoms with Crippen molar-refractivity contribution in [3.63, 3.8) is 0 Å². The Morgan fingerprint density at radius 2 is 1.09 bits per heavy atom. The van der Waals surface area contributed by atoms with Gasteiger partial charge >= 0.3 is 7.82 Å². The van der Waals surface area contributed by atoms with Gasteiger partial charge in [0.05, 0.1) is 39.9 Å². The lowest BCUT2D eigenvalue weighted by atomic mass is 10.1. The van der Waals surface area contributed by atoms with Crippen LogP contribution in [-0.2, 0) is 18.4 Å². The molecule has 0 radical (unpaired) electrons. The fraction of sp³-hybridized carbons (Fsp3) is 0.587. The summed E-state index contributed by atoms with van der Waals surface area (Å²) in [6.45, 7) is 4.48. The van der Waals surface area contributed by atoms with Gasteiger partial charge in [-0.25, -0.2) is 4.57 Å². The van der Waals surface area contributed by atoms with Crippen molar-refractivity contribution in [2.75, 3.05) is 40.9 Å². The van der Waals surface area contributed by atoms with Gasteiger partial charge in [0.1, 0.15) is 13.2 Å². The number of hydrogen-bond donors (Lipinski definition) is 3. The number of aliphatic hydroxyl groups is 1. The van der Waals surface area contributed by atoms with Gasteiger partial charge in [-0.05, 0) is 77.0 Å². The van der Waals surface area contributed by atoms with Gasteiger partial charge < -0.3 is 19.8 Å². The zero-order valence-electron chi connectivity index (χ0n) is 35.1. The summed E-state index contributed by atoms with van der Waals surface area (Å²) in [5, 5.41) is 13.5. The lowest BCUT2D eigenvalue weighted by Gasteiger charge is -2.25. The Labute approximate surface area is 336 Å². The van der Waals surface area contributed by atoms with Crippen LogP contribution in [-0.4, -0.2) is 73.4 Å². The molecule has 0 aliphatic carbocycles. The first-order valence-corrected chi connectivity index (χ1v) is 22.3. The molecule has 0 bridgehead atoms. The second-order valence-corrected chi connectivity index (χ2v) is 16.1. The van der Waals surface area contributed by atoms with Crippen LogP contribution in [0.25, 0.3) is 0 Å². The molecule has 0 rings (SSSR count). The smallest absolute Gasteiger partial charge is 0.387 e. The highest BCUT2D eigenvalue weighted by atomic mass is 31.2. The molecule has 0 fully saturated rings. The Hall–Kier alpha value is -2.84. The Morgan fingerprint density at radius 1 is 0.636 bits per heavy atom. The molecule has 312 valence electrons. The van der Waals surface area contributed by atoms with Crippen LogP contribution in [0, 0.1) is 0 Å². The van der Waals surface area contributed by atoms with Crippen molar-refractivity contribution in [3.05, 3.63) is 109 Å². The summed E-state index contributed by atoms with van der Waals surface area (Å²) < 4.78 is 23.2. The van der Waals surface area contributed by atoms with E-state index in [1.807, 2.05) is 27.2 Å². The minimum atomic E-state index is -4.33. The minimum Gasteiger partial charge on any atom is -0.387 e. The lowest BCUT2D eigenvalue weighted by molar-refractivity contribution is -0.870. The summed E-state index contributed by atoms with van der Waals surface area (Å²) in [4.78, 5) is 22.8. The van der Waals surface area contributed by atoms with Crippen LogP contribution in [0.2, 0.25) is 0 Å². The summed E-state index contributed by atoms with van der Waals surface area (Å²) in [6, 6.07) is -0.863. The summed E-state index contributed by atoms with van der Waals surface area (Å²) in [5.74, 6) is -0.218. The number of rotatable bonds is 35. The number of aliphatic hydroxyl groups excluding tert-OH is 1. The Bertz CT molecular complexity index is 1260. The van der Waals surface area contributed by atoms with Crippen molar-refractivity contribution in [1.82, 2.24) is 5.32 Å². The molecule has 0 saturated carbocycles. The molecule has 0 heterocycles. The summed E-state index contributed by atoms with van der Waals surface area (Å²) in [7, 11) is 1.52. The first kappa shape index (κ1) is 52.2. The van der Waals surface area contributed by atoms with Crippen LogP contribution < -0.4 is 5.32 Å². The second-order valence-electron chi connectivity index (χ2n) is 14.6. The van der Waals surface area contributed by atoms with Crippen LogP contribution in [0.4, 0.5) is 0 Å². The standard InChI is InChI=1S/C46H77N2O6P/c1-6-8-10-12-13-14-15-16-17-18-19-20-21-22-23-24-25-26-27-28-29-30-31-32-33-34-35-36-38-40-46(50)47-44(45(49)39-37-11-9-7-2)43-54-55(51,52)53-42-41-48(3,4)5/h8,10,13-14,16-17,19-20,22-23,25-26,28-29,31-32,37,39,44-45,49H,6-7,9,11-12,15,18,21,24,27,30,33-36,38,40-43H2,1-5H3,(H-,47,50,51,52)/p+1/b10-8-,14-13-,17-16-,20-19-,23-22-,26-25-,29-28-,32-31-,39-37+. The number of quaternary nitrogens is 1. The lowest BCUT2D eigenvalue weighted by Crippen LogP contribution is -2.45. The molecule has 1 amide bonds. The molecule has 9 heteroatoms. The van der Waals surface area contributed by atoms with E-state index in [1.165, 1.54) is 0 Å². The number of carbonyl (C=O) groups excluding carboxylic acids is 1. The van der Waals surface area contributed by atoms with Crippen molar-refractivity contribution >= 4 is 13.7 Å². The maximum Gasteiger partial charge on any atom is 0.472 e. The third-order valence-electron chi connectivity index (χ3n) is 8.25. The number of nitrogens with one attached hydrogen (secondary N) is 1. The second kappa shape index (κ2) is 36.8. The van der Waals surface area contributed by atoms with Gasteiger partial charge in [-0.1, -0.05) is 149 Å². The average molecular weight is 786 g/mol. The minimum absolute atomic E-state index is 0.0480. The van der Waals surface area contributed by atoms with E-state index in [9.17, 15) is 19.4 Å². The predicted octanol–water partition coefficient (Wildman–Crippen LogP) is 11.3. The maximum absolute atomic E-state index is 12.7. The quantitative estimate of drug-likeness (QED) is 0.0256. The van der Waals surface area contributed by atoms with Crippen molar-refractivity contribution < 1.29 is 32.9 Å². The first-order valence-electron chi connectivity index (χ1n) is 20.8. The number of likely N-dealkylation sites (N-methyl/N-ethyl adjacent to an activating group) is 1. The van der Waals surface area contributed by atoms with E-state index in [-0.39, 0.29) is 19.1 Å². The third-order valence-corrected chi connectivity index (χ3v) is 9.23. The predicted molar refractivity (Wildman–Crippen MR) is 235 cm³/mol. The van der Waals surface area contributed by atoms with E-state index in [2.05, 4.69) is 116 Å². The van der Waals surface area contributed by atoms with Crippen molar-refractivity contribution in [3.8, 4) is 0 Å². The summed E-state index contributed by atoms with van der Waals surface area (Å²) >= 11 is 0. The van der Waals surface area contributed by atoms with Gasteiger partial charge in [0.2, 0.25) is 5.91 Å². The van der Waals surface area contributed by atoms with E-state index in [0.717, 1.165) is 103 Å². The molecule has 0 saturated heterocycles. The summed E-state index contributed by atoms with van der Waals surface area (Å²) in [5.41, 5.74) is 0. The van der Waals surface area contributed by atoms with Gasteiger partial charge in [0.25, 0.3) is 0 Å². The SMILES string of the molecule is CC/C=C\C/C=C\C/C=C\C/C=C\C/C=C\C/C=C\C/C=C\C/C=C\CCCCCCC(=O)NC(COP(=O)(O)OCC[N+](C)(C)C)C(O)/C=C/CCCC. The van der Waals surface area contributed by atoms with E-state index in [0.29, 0.717) is 17.4 Å². The van der Waals surface area contributed by atoms with Crippen molar-refractivity contribution in [2.45, 2.75) is 135 Å². The van der Waals surface area contributed by atoms with Crippen LogP contribution in [0.1, 0.15) is 123 Å². The van der Waals surface area contributed by atoms with Gasteiger partial charge in [0, 0.05) is 6.42 Å². The molecule has 3 N–H and O–H groups in total. The Morgan fingerprint density at radius 3 is 1.56 bits per heavy atom. The Kier molecular flexibility index (Phi) is 34.9. The highest BCUT2D eigenvalue weighted by Crippen LogP contribution is 2.43. The average Bonchev–Trinajstić information content (AvgIpc) is 3.13. The van der Waals surface area contributed by atoms with Gasteiger partial charge in [-0.2, -0.15) is 0 Å². The zero-order chi connectivity index (χ0) is 40.7. The number of unbranched alkanes of at least 4 members (excludes halogenated alkanes) is 6. The van der Waals surface area contributed by atoms with E-state index < -0.39 is 20.0 Å². The summed E-state index contributed by atoms with van der Waals surface area (Å²) in [6.07, 6.45) is 53.7. The first-order chi connectivity index (χ1) is 26.5.